The predicted molar refractivity (Wildman–Crippen MR) is 105 cm³/mol. The Labute approximate surface area is 155 Å². The molecule has 3 rings (SSSR count). The zero-order valence-corrected chi connectivity index (χ0v) is 16.1. The summed E-state index contributed by atoms with van der Waals surface area (Å²) >= 11 is 0. The smallest absolute Gasteiger partial charge is 0.270 e. The summed E-state index contributed by atoms with van der Waals surface area (Å²) in [4.78, 5) is 21.4. The van der Waals surface area contributed by atoms with Crippen LogP contribution < -0.4 is 10.6 Å². The zero-order chi connectivity index (χ0) is 18.7. The molecule has 1 aromatic carbocycles. The number of aryl methyl sites for hydroxylation is 2. The fourth-order valence-corrected chi connectivity index (χ4v) is 3.55. The molecule has 1 aliphatic rings. The lowest BCUT2D eigenvalue weighted by Gasteiger charge is -2.17. The van der Waals surface area contributed by atoms with Crippen LogP contribution in [0.25, 0.3) is 0 Å². The quantitative estimate of drug-likeness (QED) is 0.823. The van der Waals surface area contributed by atoms with E-state index in [0.29, 0.717) is 23.3 Å². The maximum Gasteiger partial charge on any atom is 0.270 e. The average molecular weight is 352 g/mol. The van der Waals surface area contributed by atoms with Crippen molar-refractivity contribution in [2.45, 2.75) is 65.3 Å². The van der Waals surface area contributed by atoms with Crippen LogP contribution in [0.2, 0.25) is 0 Å². The van der Waals surface area contributed by atoms with Crippen LogP contribution in [0.1, 0.15) is 72.9 Å². The SMILES string of the molecule is Cc1nc(Nc2c(C)cccc2C(C)C)cc(C(=O)NC2CCCC2)n1. The van der Waals surface area contributed by atoms with Gasteiger partial charge in [-0.1, -0.05) is 44.9 Å². The highest BCUT2D eigenvalue weighted by molar-refractivity contribution is 5.93. The summed E-state index contributed by atoms with van der Waals surface area (Å²) in [5.41, 5.74) is 3.87. The minimum Gasteiger partial charge on any atom is -0.348 e. The normalized spacial score (nSPS) is 14.7. The summed E-state index contributed by atoms with van der Waals surface area (Å²) in [5, 5.41) is 6.52. The number of amides is 1. The van der Waals surface area contributed by atoms with Gasteiger partial charge in [-0.15, -0.1) is 0 Å². The highest BCUT2D eigenvalue weighted by Crippen LogP contribution is 2.30. The van der Waals surface area contributed by atoms with Gasteiger partial charge >= 0.3 is 0 Å². The maximum atomic E-state index is 12.6. The van der Waals surface area contributed by atoms with Crippen molar-refractivity contribution >= 4 is 17.4 Å². The van der Waals surface area contributed by atoms with E-state index in [9.17, 15) is 4.79 Å². The highest BCUT2D eigenvalue weighted by atomic mass is 16.1. The Morgan fingerprint density at radius 1 is 1.15 bits per heavy atom. The Kier molecular flexibility index (Phi) is 5.55. The topological polar surface area (TPSA) is 66.9 Å². The molecule has 1 aromatic heterocycles. The molecule has 0 saturated heterocycles. The summed E-state index contributed by atoms with van der Waals surface area (Å²) in [6.45, 7) is 8.24. The average Bonchev–Trinajstić information content (AvgIpc) is 3.09. The number of anilines is 2. The lowest BCUT2D eigenvalue weighted by atomic mass is 9.98. The van der Waals surface area contributed by atoms with Crippen molar-refractivity contribution in [1.82, 2.24) is 15.3 Å². The molecule has 2 aromatic rings. The molecule has 1 fully saturated rings. The Morgan fingerprint density at radius 2 is 1.88 bits per heavy atom. The largest absolute Gasteiger partial charge is 0.348 e. The van der Waals surface area contributed by atoms with Crippen molar-refractivity contribution in [3.05, 3.63) is 46.9 Å². The van der Waals surface area contributed by atoms with Crippen LogP contribution >= 0.6 is 0 Å². The van der Waals surface area contributed by atoms with Crippen LogP contribution in [0.5, 0.6) is 0 Å². The Morgan fingerprint density at radius 3 is 2.58 bits per heavy atom. The van der Waals surface area contributed by atoms with Crippen molar-refractivity contribution in [1.29, 1.82) is 0 Å². The van der Waals surface area contributed by atoms with Crippen LogP contribution in [0.3, 0.4) is 0 Å². The summed E-state index contributed by atoms with van der Waals surface area (Å²) in [7, 11) is 0. The number of carbonyl (C=O) groups excluding carboxylic acids is 1. The fraction of sp³-hybridized carbons (Fsp3) is 0.476. The summed E-state index contributed by atoms with van der Waals surface area (Å²) in [6, 6.07) is 8.30. The molecular weight excluding hydrogens is 324 g/mol. The van der Waals surface area contributed by atoms with E-state index >= 15 is 0 Å². The fourth-order valence-electron chi connectivity index (χ4n) is 3.55. The molecule has 1 heterocycles. The van der Waals surface area contributed by atoms with Crippen molar-refractivity contribution in [3.8, 4) is 0 Å². The van der Waals surface area contributed by atoms with Crippen LogP contribution in [0.15, 0.2) is 24.3 Å². The van der Waals surface area contributed by atoms with Gasteiger partial charge in [-0.05, 0) is 43.7 Å². The summed E-state index contributed by atoms with van der Waals surface area (Å²) < 4.78 is 0. The van der Waals surface area contributed by atoms with Gasteiger partial charge in [-0.3, -0.25) is 4.79 Å². The number of para-hydroxylation sites is 1. The molecule has 0 radical (unpaired) electrons. The van der Waals surface area contributed by atoms with Gasteiger partial charge in [-0.2, -0.15) is 0 Å². The highest BCUT2D eigenvalue weighted by Gasteiger charge is 2.20. The van der Waals surface area contributed by atoms with Gasteiger partial charge in [0.15, 0.2) is 0 Å². The molecule has 0 bridgehead atoms. The molecule has 0 spiro atoms. The third-order valence-corrected chi connectivity index (χ3v) is 4.94. The minimum absolute atomic E-state index is 0.112. The molecule has 138 valence electrons. The molecule has 1 aliphatic carbocycles. The molecule has 0 atom stereocenters. The van der Waals surface area contributed by atoms with Gasteiger partial charge in [0.1, 0.15) is 17.3 Å². The first-order valence-electron chi connectivity index (χ1n) is 9.47. The minimum atomic E-state index is -0.112. The van der Waals surface area contributed by atoms with Gasteiger partial charge in [0.25, 0.3) is 5.91 Å². The number of aromatic nitrogens is 2. The molecular formula is C21H28N4O. The second kappa shape index (κ2) is 7.85. The van der Waals surface area contributed by atoms with E-state index in [0.717, 1.165) is 24.1 Å². The molecule has 1 saturated carbocycles. The Hall–Kier alpha value is -2.43. The number of rotatable bonds is 5. The summed E-state index contributed by atoms with van der Waals surface area (Å²) in [6.07, 6.45) is 4.49. The van der Waals surface area contributed by atoms with Crippen molar-refractivity contribution in [3.63, 3.8) is 0 Å². The first kappa shape index (κ1) is 18.4. The molecule has 5 nitrogen and oxygen atoms in total. The monoisotopic (exact) mass is 352 g/mol. The number of benzene rings is 1. The number of hydrogen-bond acceptors (Lipinski definition) is 4. The first-order chi connectivity index (χ1) is 12.4. The van der Waals surface area contributed by atoms with Crippen LogP contribution in [0, 0.1) is 13.8 Å². The van der Waals surface area contributed by atoms with E-state index < -0.39 is 0 Å². The van der Waals surface area contributed by atoms with Crippen molar-refractivity contribution in [2.75, 3.05) is 5.32 Å². The van der Waals surface area contributed by atoms with E-state index in [1.807, 2.05) is 6.92 Å². The maximum absolute atomic E-state index is 12.6. The zero-order valence-electron chi connectivity index (χ0n) is 16.1. The van der Waals surface area contributed by atoms with E-state index in [2.05, 4.69) is 59.6 Å². The Bertz CT molecular complexity index is 795. The van der Waals surface area contributed by atoms with E-state index in [1.54, 1.807) is 6.07 Å². The number of carbonyl (C=O) groups is 1. The number of hydrogen-bond donors (Lipinski definition) is 2. The Balaban J connectivity index is 1.85. The lowest BCUT2D eigenvalue weighted by Crippen LogP contribution is -2.33. The van der Waals surface area contributed by atoms with E-state index in [4.69, 9.17) is 0 Å². The van der Waals surface area contributed by atoms with Crippen molar-refractivity contribution in [2.24, 2.45) is 0 Å². The number of nitrogens with one attached hydrogen (secondary N) is 2. The molecule has 0 aliphatic heterocycles. The van der Waals surface area contributed by atoms with Crippen LogP contribution in [0.4, 0.5) is 11.5 Å². The van der Waals surface area contributed by atoms with E-state index in [1.165, 1.54) is 18.4 Å². The number of nitrogens with zero attached hydrogens (tertiary/aromatic N) is 2. The third kappa shape index (κ3) is 4.21. The van der Waals surface area contributed by atoms with Gasteiger partial charge in [0.2, 0.25) is 0 Å². The van der Waals surface area contributed by atoms with Crippen LogP contribution in [-0.2, 0) is 0 Å². The van der Waals surface area contributed by atoms with E-state index in [-0.39, 0.29) is 11.9 Å². The van der Waals surface area contributed by atoms with Gasteiger partial charge in [0, 0.05) is 17.8 Å². The molecule has 26 heavy (non-hydrogen) atoms. The third-order valence-electron chi connectivity index (χ3n) is 4.94. The second-order valence-corrected chi connectivity index (χ2v) is 7.46. The van der Waals surface area contributed by atoms with Gasteiger partial charge in [-0.25, -0.2) is 9.97 Å². The molecule has 2 N–H and O–H groups in total. The standard InChI is InChI=1S/C21H28N4O/c1-13(2)17-11-7-8-14(3)20(17)25-19-12-18(22-15(4)23-19)21(26)24-16-9-5-6-10-16/h7-8,11-13,16H,5-6,9-10H2,1-4H3,(H,24,26)(H,22,23,25). The molecule has 0 unspecified atom stereocenters. The van der Waals surface area contributed by atoms with Gasteiger partial charge < -0.3 is 10.6 Å². The molecule has 5 heteroatoms. The van der Waals surface area contributed by atoms with Gasteiger partial charge in [0.05, 0.1) is 0 Å². The molecule has 1 amide bonds. The summed E-state index contributed by atoms with van der Waals surface area (Å²) in [5.74, 6) is 1.53. The van der Waals surface area contributed by atoms with Crippen molar-refractivity contribution < 1.29 is 4.79 Å². The second-order valence-electron chi connectivity index (χ2n) is 7.46. The lowest BCUT2D eigenvalue weighted by molar-refractivity contribution is 0.0932. The predicted octanol–water partition coefficient (Wildman–Crippen LogP) is 4.63. The van der Waals surface area contributed by atoms with Crippen LogP contribution in [-0.4, -0.2) is 21.9 Å². The first-order valence-corrected chi connectivity index (χ1v) is 9.47.